The van der Waals surface area contributed by atoms with Crippen molar-refractivity contribution >= 4 is 27.3 Å². The Bertz CT molecular complexity index is 793. The van der Waals surface area contributed by atoms with Gasteiger partial charge < -0.3 is 4.74 Å². The van der Waals surface area contributed by atoms with Crippen LogP contribution in [-0.2, 0) is 17.1 Å². The van der Waals surface area contributed by atoms with Crippen LogP contribution in [0.1, 0.15) is 5.69 Å². The number of anilines is 1. The molecular weight excluding hydrogens is 340 g/mol. The summed E-state index contributed by atoms with van der Waals surface area (Å²) in [6.45, 7) is -1.46. The molecule has 22 heavy (non-hydrogen) atoms. The largest absolute Gasteiger partial charge is 0.433 e. The normalized spacial score (nSPS) is 11.7. The van der Waals surface area contributed by atoms with Crippen molar-refractivity contribution in [3.8, 4) is 5.75 Å². The second kappa shape index (κ2) is 6.09. The number of alkyl halides is 2. The molecule has 1 heterocycles. The molecule has 2 rings (SSSR count). The molecule has 0 bridgehead atoms. The minimum atomic E-state index is -3.86. The molecule has 120 valence electrons. The number of nitrogens with one attached hydrogen (secondary N) is 1. The summed E-state index contributed by atoms with van der Waals surface area (Å²) in [5.74, 6) is -0.239. The Balaban J connectivity index is 2.27. The maximum atomic E-state index is 12.3. The van der Waals surface area contributed by atoms with Gasteiger partial charge in [0.25, 0.3) is 10.0 Å². The van der Waals surface area contributed by atoms with E-state index in [1.165, 1.54) is 23.0 Å². The van der Waals surface area contributed by atoms with Gasteiger partial charge in [-0.2, -0.15) is 13.9 Å². The Morgan fingerprint density at radius 3 is 2.59 bits per heavy atom. The highest BCUT2D eigenvalue weighted by atomic mass is 35.5. The van der Waals surface area contributed by atoms with Crippen molar-refractivity contribution in [2.24, 2.45) is 7.05 Å². The molecule has 0 aliphatic heterocycles. The standard InChI is InChI=1S/C12H12ClF2N3O3S/c1-7-11(6-18(2)16-7)22(19,20)17-8-3-4-10(9(13)5-8)21-12(14)15/h3-6,12,17H,1-2H3. The van der Waals surface area contributed by atoms with Gasteiger partial charge in [0.15, 0.2) is 0 Å². The van der Waals surface area contributed by atoms with Gasteiger partial charge in [0.2, 0.25) is 0 Å². The number of nitrogens with zero attached hydrogens (tertiary/aromatic N) is 2. The number of ether oxygens (including phenoxy) is 1. The van der Waals surface area contributed by atoms with Crippen LogP contribution in [0.2, 0.25) is 5.02 Å². The minimum absolute atomic E-state index is 0.0130. The summed E-state index contributed by atoms with van der Waals surface area (Å²) in [6, 6.07) is 3.61. The first-order valence-corrected chi connectivity index (χ1v) is 7.82. The third-order valence-electron chi connectivity index (χ3n) is 2.66. The van der Waals surface area contributed by atoms with Crippen LogP contribution in [0.25, 0.3) is 0 Å². The number of sulfonamides is 1. The average Bonchev–Trinajstić information content (AvgIpc) is 2.72. The monoisotopic (exact) mass is 351 g/mol. The molecule has 0 fully saturated rings. The van der Waals surface area contributed by atoms with Crippen LogP contribution in [0.15, 0.2) is 29.3 Å². The number of aryl methyl sites for hydroxylation is 2. The van der Waals surface area contributed by atoms with E-state index in [1.807, 2.05) is 0 Å². The first-order chi connectivity index (χ1) is 10.2. The van der Waals surface area contributed by atoms with Crippen LogP contribution < -0.4 is 9.46 Å². The van der Waals surface area contributed by atoms with Gasteiger partial charge in [0, 0.05) is 13.2 Å². The summed E-state index contributed by atoms with van der Waals surface area (Å²) in [4.78, 5) is 0.0130. The van der Waals surface area contributed by atoms with Gasteiger partial charge in [0.05, 0.1) is 16.4 Å². The number of halogens is 3. The second-order valence-corrected chi connectivity index (χ2v) is 6.44. The summed E-state index contributed by atoms with van der Waals surface area (Å²) < 4.78 is 56.6. The molecular formula is C12H12ClF2N3O3S. The fourth-order valence-electron chi connectivity index (χ4n) is 1.81. The Hall–Kier alpha value is -1.87. The summed E-state index contributed by atoms with van der Waals surface area (Å²) in [6.07, 6.45) is 1.35. The Morgan fingerprint density at radius 2 is 2.09 bits per heavy atom. The van der Waals surface area contributed by atoms with Gasteiger partial charge in [-0.25, -0.2) is 8.42 Å². The summed E-state index contributed by atoms with van der Waals surface area (Å²) >= 11 is 5.77. The molecule has 10 heteroatoms. The van der Waals surface area contributed by atoms with Gasteiger partial charge in [-0.05, 0) is 25.1 Å². The zero-order chi connectivity index (χ0) is 16.5. The van der Waals surface area contributed by atoms with Gasteiger partial charge in [-0.15, -0.1) is 0 Å². The van der Waals surface area contributed by atoms with Gasteiger partial charge in [-0.1, -0.05) is 11.6 Å². The van der Waals surface area contributed by atoms with E-state index in [4.69, 9.17) is 11.6 Å². The molecule has 2 aromatic rings. The van der Waals surface area contributed by atoms with E-state index in [0.29, 0.717) is 5.69 Å². The van der Waals surface area contributed by atoms with Crippen molar-refractivity contribution < 1.29 is 21.9 Å². The molecule has 0 aliphatic carbocycles. The first-order valence-electron chi connectivity index (χ1n) is 5.96. The van der Waals surface area contributed by atoms with Gasteiger partial charge in [-0.3, -0.25) is 9.40 Å². The van der Waals surface area contributed by atoms with Crippen molar-refractivity contribution in [1.82, 2.24) is 9.78 Å². The SMILES string of the molecule is Cc1nn(C)cc1S(=O)(=O)Nc1ccc(OC(F)F)c(Cl)c1. The quantitative estimate of drug-likeness (QED) is 0.899. The van der Waals surface area contributed by atoms with Crippen LogP contribution >= 0.6 is 11.6 Å². The Labute approximate surface area is 130 Å². The zero-order valence-corrected chi connectivity index (χ0v) is 13.1. The third kappa shape index (κ3) is 3.66. The van der Waals surface area contributed by atoms with Crippen molar-refractivity contribution in [3.05, 3.63) is 35.1 Å². The summed E-state index contributed by atoms with van der Waals surface area (Å²) in [7, 11) is -2.26. The van der Waals surface area contributed by atoms with Crippen LogP contribution in [0, 0.1) is 6.92 Å². The molecule has 0 unspecified atom stereocenters. The molecule has 0 atom stereocenters. The highest BCUT2D eigenvalue weighted by molar-refractivity contribution is 7.92. The molecule has 0 amide bonds. The van der Waals surface area contributed by atoms with Crippen LogP contribution in [0.4, 0.5) is 14.5 Å². The molecule has 6 nitrogen and oxygen atoms in total. The first kappa shape index (κ1) is 16.5. The van der Waals surface area contributed by atoms with E-state index < -0.39 is 16.6 Å². The van der Waals surface area contributed by atoms with Crippen molar-refractivity contribution in [3.63, 3.8) is 0 Å². The number of hydrogen-bond acceptors (Lipinski definition) is 4. The number of hydrogen-bond donors (Lipinski definition) is 1. The van der Waals surface area contributed by atoms with E-state index in [1.54, 1.807) is 14.0 Å². The Morgan fingerprint density at radius 1 is 1.41 bits per heavy atom. The van der Waals surface area contributed by atoms with Crippen LogP contribution in [0.3, 0.4) is 0 Å². The molecule has 0 saturated heterocycles. The summed E-state index contributed by atoms with van der Waals surface area (Å²) in [5.41, 5.74) is 0.452. The highest BCUT2D eigenvalue weighted by Gasteiger charge is 2.20. The topological polar surface area (TPSA) is 73.2 Å². The molecule has 1 aromatic heterocycles. The van der Waals surface area contributed by atoms with Crippen molar-refractivity contribution in [1.29, 1.82) is 0 Å². The zero-order valence-electron chi connectivity index (χ0n) is 11.5. The number of aromatic nitrogens is 2. The fraction of sp³-hybridized carbons (Fsp3) is 0.250. The van der Waals surface area contributed by atoms with Gasteiger partial charge >= 0.3 is 6.61 Å². The van der Waals surface area contributed by atoms with E-state index in [0.717, 1.165) is 6.07 Å². The van der Waals surface area contributed by atoms with E-state index in [9.17, 15) is 17.2 Å². The summed E-state index contributed by atoms with van der Waals surface area (Å²) in [5, 5.41) is 3.82. The fourth-order valence-corrected chi connectivity index (χ4v) is 3.30. The molecule has 0 radical (unpaired) electrons. The van der Waals surface area contributed by atoms with E-state index >= 15 is 0 Å². The van der Waals surface area contributed by atoms with Crippen LogP contribution in [0.5, 0.6) is 5.75 Å². The third-order valence-corrected chi connectivity index (χ3v) is 4.44. The lowest BCUT2D eigenvalue weighted by molar-refractivity contribution is -0.0497. The molecule has 1 aromatic carbocycles. The second-order valence-electron chi connectivity index (χ2n) is 4.38. The average molecular weight is 352 g/mol. The molecule has 0 aliphatic rings. The maximum absolute atomic E-state index is 12.3. The Kier molecular flexibility index (Phi) is 4.57. The predicted octanol–water partition coefficient (Wildman–Crippen LogP) is 2.78. The predicted molar refractivity (Wildman–Crippen MR) is 76.8 cm³/mol. The smallest absolute Gasteiger partial charge is 0.387 e. The minimum Gasteiger partial charge on any atom is -0.433 e. The molecule has 0 spiro atoms. The number of benzene rings is 1. The highest BCUT2D eigenvalue weighted by Crippen LogP contribution is 2.30. The van der Waals surface area contributed by atoms with E-state index in [2.05, 4.69) is 14.6 Å². The molecule has 0 saturated carbocycles. The van der Waals surface area contributed by atoms with Crippen LogP contribution in [-0.4, -0.2) is 24.8 Å². The molecule has 1 N–H and O–H groups in total. The number of rotatable bonds is 5. The van der Waals surface area contributed by atoms with Crippen molar-refractivity contribution in [2.45, 2.75) is 18.4 Å². The lowest BCUT2D eigenvalue weighted by Gasteiger charge is -2.10. The lowest BCUT2D eigenvalue weighted by Crippen LogP contribution is -2.13. The lowest BCUT2D eigenvalue weighted by atomic mass is 10.3. The van der Waals surface area contributed by atoms with Crippen molar-refractivity contribution in [2.75, 3.05) is 4.72 Å². The van der Waals surface area contributed by atoms with E-state index in [-0.39, 0.29) is 21.4 Å². The maximum Gasteiger partial charge on any atom is 0.387 e. The van der Waals surface area contributed by atoms with Gasteiger partial charge in [0.1, 0.15) is 10.6 Å².